The van der Waals surface area contributed by atoms with Gasteiger partial charge in [-0.15, -0.1) is 0 Å². The van der Waals surface area contributed by atoms with Gasteiger partial charge < -0.3 is 9.84 Å². The number of aliphatic hydroxyl groups is 1. The number of ether oxygens (including phenoxy) is 1. The van der Waals surface area contributed by atoms with Crippen LogP contribution >= 0.6 is 0 Å². The van der Waals surface area contributed by atoms with E-state index in [0.717, 1.165) is 12.8 Å². The summed E-state index contributed by atoms with van der Waals surface area (Å²) in [5.41, 5.74) is 1.01. The molecular formula is C20H32O3. The Morgan fingerprint density at radius 3 is 2.70 bits per heavy atom. The molecular weight excluding hydrogens is 288 g/mol. The summed E-state index contributed by atoms with van der Waals surface area (Å²) in [6, 6.07) is 0. The van der Waals surface area contributed by atoms with Crippen LogP contribution in [0.4, 0.5) is 0 Å². The molecule has 1 aliphatic carbocycles. The number of hydrogen-bond donors (Lipinski definition) is 1. The molecule has 0 amide bonds. The number of carbonyl (C=O) groups excluding carboxylic acids is 1. The Kier molecular flexibility index (Phi) is 7.27. The fraction of sp³-hybridized carbons (Fsp3) is 0.650. The maximum Gasteiger partial charge on any atom is 0.333 e. The van der Waals surface area contributed by atoms with Gasteiger partial charge in [0.25, 0.3) is 0 Å². The average molecular weight is 320 g/mol. The molecule has 1 rings (SSSR count). The topological polar surface area (TPSA) is 46.5 Å². The molecule has 0 aromatic rings. The second-order valence-corrected chi connectivity index (χ2v) is 7.25. The zero-order valence-electron chi connectivity index (χ0n) is 15.4. The first kappa shape index (κ1) is 19.7. The first-order valence-corrected chi connectivity index (χ1v) is 8.57. The maximum absolute atomic E-state index is 12.2. The van der Waals surface area contributed by atoms with E-state index in [1.54, 1.807) is 13.0 Å². The summed E-state index contributed by atoms with van der Waals surface area (Å²) in [4.78, 5) is 12.2. The molecule has 23 heavy (non-hydrogen) atoms. The van der Waals surface area contributed by atoms with Crippen molar-refractivity contribution in [3.63, 3.8) is 0 Å². The lowest BCUT2D eigenvalue weighted by molar-refractivity contribution is -0.146. The van der Waals surface area contributed by atoms with Gasteiger partial charge in [-0.1, -0.05) is 43.7 Å². The lowest BCUT2D eigenvalue weighted by Crippen LogP contribution is -2.31. The summed E-state index contributed by atoms with van der Waals surface area (Å²) in [5, 5.41) is 10.4. The zero-order chi connectivity index (χ0) is 17.6. The number of hydrogen-bond acceptors (Lipinski definition) is 3. The fourth-order valence-corrected chi connectivity index (χ4v) is 2.79. The Balaban J connectivity index is 3.12. The molecule has 0 aliphatic heterocycles. The second kappa shape index (κ2) is 8.49. The molecule has 0 bridgehead atoms. The van der Waals surface area contributed by atoms with Gasteiger partial charge in [-0.05, 0) is 46.5 Å². The molecule has 0 aromatic heterocycles. The highest BCUT2D eigenvalue weighted by molar-refractivity contribution is 5.87. The van der Waals surface area contributed by atoms with Gasteiger partial charge in [-0.3, -0.25) is 0 Å². The quantitative estimate of drug-likeness (QED) is 0.470. The summed E-state index contributed by atoms with van der Waals surface area (Å²) in [7, 11) is 0. The first-order chi connectivity index (χ1) is 10.7. The Morgan fingerprint density at radius 2 is 2.13 bits per heavy atom. The molecule has 3 atom stereocenters. The zero-order valence-corrected chi connectivity index (χ0v) is 15.4. The van der Waals surface area contributed by atoms with E-state index >= 15 is 0 Å². The third-order valence-electron chi connectivity index (χ3n) is 4.56. The van der Waals surface area contributed by atoms with Crippen LogP contribution < -0.4 is 0 Å². The number of rotatable bonds is 3. The van der Waals surface area contributed by atoms with Crippen molar-refractivity contribution in [2.45, 2.75) is 72.5 Å². The highest BCUT2D eigenvalue weighted by Crippen LogP contribution is 2.29. The Bertz CT molecular complexity index is 495. The van der Waals surface area contributed by atoms with Crippen LogP contribution in [0.5, 0.6) is 0 Å². The molecule has 130 valence electrons. The molecule has 3 nitrogen and oxygen atoms in total. The van der Waals surface area contributed by atoms with Crippen LogP contribution in [0.3, 0.4) is 0 Å². The average Bonchev–Trinajstić information content (AvgIpc) is 2.44. The van der Waals surface area contributed by atoms with E-state index in [1.807, 2.05) is 26.0 Å². The second-order valence-electron chi connectivity index (χ2n) is 7.25. The largest absolute Gasteiger partial charge is 0.458 e. The van der Waals surface area contributed by atoms with Gasteiger partial charge in [-0.2, -0.15) is 0 Å². The number of esters is 1. The normalized spacial score (nSPS) is 33.7. The van der Waals surface area contributed by atoms with Gasteiger partial charge >= 0.3 is 5.97 Å². The lowest BCUT2D eigenvalue weighted by atomic mass is 9.83. The smallest absolute Gasteiger partial charge is 0.333 e. The molecule has 0 radical (unpaired) electrons. The molecule has 0 aromatic carbocycles. The minimum absolute atomic E-state index is 0.0801. The van der Waals surface area contributed by atoms with Crippen molar-refractivity contribution >= 4 is 5.97 Å². The van der Waals surface area contributed by atoms with E-state index in [2.05, 4.69) is 26.8 Å². The van der Waals surface area contributed by atoms with Gasteiger partial charge in [0.1, 0.15) is 6.10 Å². The highest BCUT2D eigenvalue weighted by Gasteiger charge is 2.28. The van der Waals surface area contributed by atoms with Crippen LogP contribution in [0, 0.1) is 11.8 Å². The van der Waals surface area contributed by atoms with E-state index in [9.17, 15) is 9.90 Å². The minimum atomic E-state index is -0.824. The van der Waals surface area contributed by atoms with Crippen molar-refractivity contribution in [3.05, 3.63) is 35.5 Å². The Hall–Kier alpha value is -1.35. The van der Waals surface area contributed by atoms with E-state index in [4.69, 9.17) is 4.74 Å². The molecule has 0 saturated heterocycles. The van der Waals surface area contributed by atoms with E-state index in [-0.39, 0.29) is 18.0 Å². The van der Waals surface area contributed by atoms with Gasteiger partial charge in [0.05, 0.1) is 5.60 Å². The van der Waals surface area contributed by atoms with Crippen molar-refractivity contribution < 1.29 is 14.6 Å². The number of carbonyl (C=O) groups is 1. The standard InChI is InChI=1S/C20H32O3/c1-7-16(5)19(21)23-18-13-15(4)9-8-11-20(6,22)12-10-17(18)14(2)3/h7,9-10,12,14,17-18,22H,8,11,13H2,1-6H3/b12-10+,15-9+,16-7-/t17-,18+,20-/m1/s1. The third kappa shape index (κ3) is 6.34. The molecule has 1 N–H and O–H groups in total. The van der Waals surface area contributed by atoms with Gasteiger partial charge in [0.15, 0.2) is 0 Å². The summed E-state index contributed by atoms with van der Waals surface area (Å²) >= 11 is 0. The predicted octanol–water partition coefficient (Wildman–Crippen LogP) is 4.57. The van der Waals surface area contributed by atoms with E-state index < -0.39 is 5.60 Å². The van der Waals surface area contributed by atoms with E-state index in [1.165, 1.54) is 5.57 Å². The lowest BCUT2D eigenvalue weighted by Gasteiger charge is -2.30. The van der Waals surface area contributed by atoms with Gasteiger partial charge in [0, 0.05) is 17.9 Å². The van der Waals surface area contributed by atoms with Crippen LogP contribution in [-0.4, -0.2) is 22.8 Å². The van der Waals surface area contributed by atoms with Crippen LogP contribution in [0.25, 0.3) is 0 Å². The predicted molar refractivity (Wildman–Crippen MR) is 95.0 cm³/mol. The SMILES string of the molecule is C/C=C(/C)C(=O)O[C@H]1C/C(C)=C/CC[C@@](C)(O)/C=C/[C@@H]1C(C)C. The van der Waals surface area contributed by atoms with Crippen LogP contribution in [0.1, 0.15) is 60.8 Å². The Labute approximate surface area is 141 Å². The van der Waals surface area contributed by atoms with Crippen LogP contribution in [0.15, 0.2) is 35.5 Å². The minimum Gasteiger partial charge on any atom is -0.458 e. The van der Waals surface area contributed by atoms with Gasteiger partial charge in [0.2, 0.25) is 0 Å². The highest BCUT2D eigenvalue weighted by atomic mass is 16.5. The molecule has 0 spiro atoms. The fourth-order valence-electron chi connectivity index (χ4n) is 2.79. The monoisotopic (exact) mass is 320 g/mol. The molecule has 0 unspecified atom stereocenters. The summed E-state index contributed by atoms with van der Waals surface area (Å²) in [5.74, 6) is 0.141. The summed E-state index contributed by atoms with van der Waals surface area (Å²) in [6.07, 6.45) is 9.88. The van der Waals surface area contributed by atoms with Crippen molar-refractivity contribution in [3.8, 4) is 0 Å². The summed E-state index contributed by atoms with van der Waals surface area (Å²) < 4.78 is 5.81. The van der Waals surface area contributed by atoms with Crippen molar-refractivity contribution in [1.82, 2.24) is 0 Å². The van der Waals surface area contributed by atoms with Crippen molar-refractivity contribution in [1.29, 1.82) is 0 Å². The van der Waals surface area contributed by atoms with Crippen LogP contribution in [0.2, 0.25) is 0 Å². The molecule has 0 fully saturated rings. The molecule has 3 heteroatoms. The van der Waals surface area contributed by atoms with Crippen molar-refractivity contribution in [2.24, 2.45) is 11.8 Å². The van der Waals surface area contributed by atoms with Crippen LogP contribution in [-0.2, 0) is 9.53 Å². The third-order valence-corrected chi connectivity index (χ3v) is 4.56. The number of allylic oxidation sites excluding steroid dienone is 2. The Morgan fingerprint density at radius 1 is 1.48 bits per heavy atom. The van der Waals surface area contributed by atoms with Gasteiger partial charge in [-0.25, -0.2) is 4.79 Å². The molecule has 0 heterocycles. The maximum atomic E-state index is 12.2. The van der Waals surface area contributed by atoms with Crippen molar-refractivity contribution in [2.75, 3.05) is 0 Å². The molecule has 0 saturated carbocycles. The molecule has 1 aliphatic rings. The first-order valence-electron chi connectivity index (χ1n) is 8.57. The summed E-state index contributed by atoms with van der Waals surface area (Å²) in [6.45, 7) is 11.8. The van der Waals surface area contributed by atoms with E-state index in [0.29, 0.717) is 17.9 Å².